The first kappa shape index (κ1) is 64.5. The van der Waals surface area contributed by atoms with Crippen LogP contribution in [0.25, 0.3) is 0 Å². The highest BCUT2D eigenvalue weighted by Gasteiger charge is 2.27. The van der Waals surface area contributed by atoms with Crippen LogP contribution in [0.3, 0.4) is 0 Å². The number of benzene rings is 2. The number of nitrogens with zero attached hydrogens (tertiary/aromatic N) is 5. The Labute approximate surface area is 455 Å². The summed E-state index contributed by atoms with van der Waals surface area (Å²) in [5.41, 5.74) is -0.161. The molecule has 0 aromatic heterocycles. The predicted octanol–water partition coefficient (Wildman–Crippen LogP) is 10.1. The molecule has 2 aromatic carbocycles. The van der Waals surface area contributed by atoms with Crippen LogP contribution < -0.4 is 46.1 Å². The molecular formula is C43H66N8O17S6. The maximum Gasteiger partial charge on any atom is 0.314 e. The number of unbranched alkanes of at least 4 members (excludes halogenated alkanes) is 3. The fourth-order valence-corrected chi connectivity index (χ4v) is 11.2. The molecule has 416 valence electrons. The van der Waals surface area contributed by atoms with E-state index in [9.17, 15) is 34.4 Å². The van der Waals surface area contributed by atoms with Gasteiger partial charge in [0.2, 0.25) is 25.2 Å². The predicted molar refractivity (Wildman–Crippen MR) is 289 cm³/mol. The van der Waals surface area contributed by atoms with E-state index in [1.54, 1.807) is 0 Å². The standard InChI is InChI=1S/C15H27N3O5S2.C14H19N3O7S2.C14H20N2O5S2/c16-23-24-10-8-14(25-17-21)6-1-2-7-15(20)18-9-4-3-5-13(18)11-22-12-19;15-24-25-6-4-10(26-16-18)3-1-2-5-21-12-8-14-13(22-9-23-14)7-11(12)17(19)20;15-21-22-8-6-12(23-16-17)3-1-2-7-18-11-4-5-13-14(9-11)20-10-19-13/h12-14H,1-11,16H2;7-8,10H,1-6,9,15H2;4-5,9,12H,1-3,6-8,10,15H2. The molecule has 3 aliphatic rings. The van der Waals surface area contributed by atoms with Crippen LogP contribution in [0.15, 0.2) is 44.1 Å². The number of hydrogen-bond donors (Lipinski definition) is 3. The van der Waals surface area contributed by atoms with Crippen molar-refractivity contribution in [1.82, 2.24) is 4.90 Å². The largest absolute Gasteiger partial charge is 0.493 e. The van der Waals surface area contributed by atoms with Crippen LogP contribution in [0.4, 0.5) is 5.69 Å². The van der Waals surface area contributed by atoms with Crippen molar-refractivity contribution >= 4 is 90.0 Å². The van der Waals surface area contributed by atoms with E-state index in [2.05, 4.69) is 26.6 Å². The van der Waals surface area contributed by atoms with E-state index in [0.717, 1.165) is 179 Å². The van der Waals surface area contributed by atoms with Gasteiger partial charge in [-0.3, -0.25) is 19.7 Å². The molecule has 0 bridgehead atoms. The molecule has 2 aromatic rings. The number of rotatable bonds is 39. The molecule has 1 fully saturated rings. The van der Waals surface area contributed by atoms with Gasteiger partial charge in [-0.25, -0.2) is 30.5 Å². The topological polar surface area (TPSA) is 339 Å². The number of hydrogen-bond acceptors (Lipinski definition) is 29. The lowest BCUT2D eigenvalue weighted by atomic mass is 10.0. The van der Waals surface area contributed by atoms with Gasteiger partial charge in [-0.1, -0.05) is 6.42 Å². The van der Waals surface area contributed by atoms with Gasteiger partial charge < -0.3 is 38.1 Å². The summed E-state index contributed by atoms with van der Waals surface area (Å²) in [6, 6.07) is 8.32. The normalized spacial score (nSPS) is 15.3. The summed E-state index contributed by atoms with van der Waals surface area (Å²) >= 11 is 6.59. The highest BCUT2D eigenvalue weighted by molar-refractivity contribution is 7.99. The number of fused-ring (bicyclic) bond motifs is 2. The van der Waals surface area contributed by atoms with Crippen LogP contribution >= 0.6 is 72.0 Å². The molecule has 0 spiro atoms. The molecule has 74 heavy (non-hydrogen) atoms. The van der Waals surface area contributed by atoms with Crippen LogP contribution in [0.5, 0.6) is 34.5 Å². The van der Waals surface area contributed by atoms with E-state index in [4.69, 9.17) is 50.8 Å². The number of ether oxygens (including phenoxy) is 7. The van der Waals surface area contributed by atoms with Gasteiger partial charge in [-0.15, -0.1) is 14.7 Å². The monoisotopic (exact) mass is 1160 g/mol. The molecule has 25 nitrogen and oxygen atoms in total. The number of amides is 1. The summed E-state index contributed by atoms with van der Waals surface area (Å²) in [5.74, 6) is 20.2. The summed E-state index contributed by atoms with van der Waals surface area (Å²) in [4.78, 5) is 66.6. The zero-order valence-electron chi connectivity index (χ0n) is 40.8. The van der Waals surface area contributed by atoms with Gasteiger partial charge in [0.15, 0.2) is 23.0 Å². The van der Waals surface area contributed by atoms with Crippen molar-refractivity contribution in [2.75, 3.05) is 57.2 Å². The summed E-state index contributed by atoms with van der Waals surface area (Å²) < 4.78 is 59.1. The van der Waals surface area contributed by atoms with Crippen LogP contribution in [0, 0.1) is 24.8 Å². The van der Waals surface area contributed by atoms with Crippen LogP contribution in [0.1, 0.15) is 103 Å². The fraction of sp³-hybridized carbons (Fsp3) is 0.674. The van der Waals surface area contributed by atoms with Gasteiger partial charge in [-0.05, 0) is 102 Å². The number of nitroso groups, excluding NO2 is 3. The first-order valence-corrected chi connectivity index (χ1v) is 28.9. The Kier molecular flexibility index (Phi) is 36.1. The first-order valence-electron chi connectivity index (χ1n) is 23.7. The van der Waals surface area contributed by atoms with Crippen molar-refractivity contribution in [3.8, 4) is 34.5 Å². The van der Waals surface area contributed by atoms with E-state index >= 15 is 0 Å². The lowest BCUT2D eigenvalue weighted by Crippen LogP contribution is -2.46. The van der Waals surface area contributed by atoms with Crippen molar-refractivity contribution in [1.29, 1.82) is 0 Å². The maximum atomic E-state index is 12.4. The Morgan fingerprint density at radius 1 is 0.703 bits per heavy atom. The number of carbonyl (C=O) groups is 2. The molecule has 4 unspecified atom stereocenters. The van der Waals surface area contributed by atoms with Gasteiger partial charge in [0, 0.05) is 144 Å². The third kappa shape index (κ3) is 26.8. The Morgan fingerprint density at radius 2 is 1.22 bits per heavy atom. The van der Waals surface area contributed by atoms with Crippen molar-refractivity contribution in [3.63, 3.8) is 0 Å². The number of carbonyl (C=O) groups excluding carboxylic acids is 2. The van der Waals surface area contributed by atoms with Crippen molar-refractivity contribution in [3.05, 3.63) is 55.2 Å². The SMILES string of the molecule is NOSCCC(CCCCC(=O)N1CCCCC1COC=O)SN=O.NOSCCC(CCCCOc1cc2c(cc1[N+](=O)[O-])OCO2)SN=O.NOSCCC(CCCCOc1ccc2c(c1)OCO2)SN=O. The van der Waals surface area contributed by atoms with E-state index in [1.807, 2.05) is 23.1 Å². The second kappa shape index (κ2) is 41.4. The van der Waals surface area contributed by atoms with Gasteiger partial charge in [0.1, 0.15) is 12.4 Å². The van der Waals surface area contributed by atoms with Crippen molar-refractivity contribution in [2.45, 2.75) is 125 Å². The second-order valence-corrected chi connectivity index (χ2v) is 21.7. The minimum absolute atomic E-state index is 0.00213. The van der Waals surface area contributed by atoms with Gasteiger partial charge in [0.05, 0.1) is 30.2 Å². The molecule has 31 heteroatoms. The molecule has 0 saturated carbocycles. The lowest BCUT2D eigenvalue weighted by Gasteiger charge is -2.35. The van der Waals surface area contributed by atoms with Gasteiger partial charge >= 0.3 is 5.69 Å². The maximum absolute atomic E-state index is 12.4. The number of piperidine rings is 1. The molecule has 1 saturated heterocycles. The molecular weight excluding hydrogens is 1090 g/mol. The fourth-order valence-electron chi connectivity index (χ4n) is 7.52. The Morgan fingerprint density at radius 3 is 1.74 bits per heavy atom. The zero-order chi connectivity index (χ0) is 53.4. The van der Waals surface area contributed by atoms with E-state index in [0.29, 0.717) is 55.5 Å². The summed E-state index contributed by atoms with van der Waals surface area (Å²) in [6.45, 7) is 2.67. The van der Waals surface area contributed by atoms with Crippen LogP contribution in [-0.2, 0) is 27.2 Å². The van der Waals surface area contributed by atoms with Crippen LogP contribution in [-0.4, -0.2) is 101 Å². The third-order valence-corrected chi connectivity index (χ3v) is 15.4. The molecule has 4 atom stereocenters. The zero-order valence-corrected chi connectivity index (χ0v) is 45.7. The molecule has 0 radical (unpaired) electrons. The third-order valence-electron chi connectivity index (χ3n) is 11.2. The van der Waals surface area contributed by atoms with Crippen molar-refractivity contribution in [2.24, 2.45) is 31.4 Å². The van der Waals surface area contributed by atoms with E-state index < -0.39 is 4.92 Å². The molecule has 0 aliphatic carbocycles. The first-order chi connectivity index (χ1) is 36.2. The minimum Gasteiger partial charge on any atom is -0.493 e. The van der Waals surface area contributed by atoms with Gasteiger partial charge in [0.25, 0.3) is 6.47 Å². The van der Waals surface area contributed by atoms with E-state index in [-0.39, 0.29) is 59.3 Å². The summed E-state index contributed by atoms with van der Waals surface area (Å²) in [7, 11) is 0. The smallest absolute Gasteiger partial charge is 0.314 e. The Balaban J connectivity index is 0.000000293. The van der Waals surface area contributed by atoms with E-state index in [1.165, 1.54) is 24.2 Å². The molecule has 1 amide bonds. The highest BCUT2D eigenvalue weighted by Crippen LogP contribution is 2.42. The minimum atomic E-state index is -0.517. The highest BCUT2D eigenvalue weighted by atomic mass is 32.2. The average Bonchev–Trinajstić information content (AvgIpc) is 4.09. The molecule has 3 heterocycles. The molecule has 3 aliphatic heterocycles. The Hall–Kier alpha value is -3.76. The number of nitrogens with two attached hydrogens (primary N) is 3. The van der Waals surface area contributed by atoms with Crippen LogP contribution in [0.2, 0.25) is 0 Å². The van der Waals surface area contributed by atoms with Gasteiger partial charge in [-0.2, -0.15) is 0 Å². The number of likely N-dealkylation sites (tertiary alicyclic amines) is 1. The quantitative estimate of drug-likeness (QED) is 0.0106. The number of nitro benzene ring substituents is 1. The Bertz CT molecular complexity index is 1930. The number of nitro groups is 1. The molecule has 6 N–H and O–H groups in total. The summed E-state index contributed by atoms with van der Waals surface area (Å²) in [5, 5.41) is 11.6. The van der Waals surface area contributed by atoms with Crippen molar-refractivity contribution < 1.29 is 60.5 Å². The lowest BCUT2D eigenvalue weighted by molar-refractivity contribution is -0.385. The average molecular weight is 1160 g/mol. The second-order valence-electron chi connectivity index (χ2n) is 16.1. The molecule has 5 rings (SSSR count). The summed E-state index contributed by atoms with van der Waals surface area (Å²) in [6.07, 6.45) is 13.2.